The lowest BCUT2D eigenvalue weighted by molar-refractivity contribution is -0.0377. The Morgan fingerprint density at radius 3 is 2.81 bits per heavy atom. The minimum atomic E-state index is -0.116. The minimum Gasteiger partial charge on any atom is -0.384 e. The van der Waals surface area contributed by atoms with Crippen molar-refractivity contribution >= 4 is 43.7 Å². The van der Waals surface area contributed by atoms with Gasteiger partial charge in [0.1, 0.15) is 23.0 Å². The summed E-state index contributed by atoms with van der Waals surface area (Å²) < 4.78 is 10.7. The molecule has 4 heterocycles. The van der Waals surface area contributed by atoms with Crippen molar-refractivity contribution in [3.8, 4) is 11.8 Å². The molecular formula is C23H22BrN7O. The summed E-state index contributed by atoms with van der Waals surface area (Å²) in [6.45, 7) is 2.76. The van der Waals surface area contributed by atoms with E-state index in [4.69, 9.17) is 10.5 Å². The van der Waals surface area contributed by atoms with Crippen molar-refractivity contribution in [3.05, 3.63) is 39.6 Å². The van der Waals surface area contributed by atoms with E-state index >= 15 is 0 Å². The van der Waals surface area contributed by atoms with Crippen LogP contribution in [-0.4, -0.2) is 31.2 Å². The van der Waals surface area contributed by atoms with E-state index in [9.17, 15) is 5.26 Å². The molecule has 1 saturated heterocycles. The van der Waals surface area contributed by atoms with Gasteiger partial charge in [-0.3, -0.25) is 9.55 Å². The largest absolute Gasteiger partial charge is 0.384 e. The van der Waals surface area contributed by atoms with E-state index in [1.807, 2.05) is 22.2 Å². The molecule has 1 saturated carbocycles. The van der Waals surface area contributed by atoms with Crippen LogP contribution in [0.4, 0.5) is 5.82 Å². The first-order valence-electron chi connectivity index (χ1n) is 10.9. The number of fused-ring (bicyclic) bond motifs is 2. The Morgan fingerprint density at radius 1 is 1.25 bits per heavy atom. The normalized spacial score (nSPS) is 19.0. The summed E-state index contributed by atoms with van der Waals surface area (Å²) in [7, 11) is 0. The van der Waals surface area contributed by atoms with Crippen LogP contribution in [0.15, 0.2) is 22.8 Å². The van der Waals surface area contributed by atoms with Crippen molar-refractivity contribution < 1.29 is 4.74 Å². The third-order valence-electron chi connectivity index (χ3n) is 6.56. The number of nitriles is 1. The first-order chi connectivity index (χ1) is 15.6. The van der Waals surface area contributed by atoms with Gasteiger partial charge < -0.3 is 10.5 Å². The highest BCUT2D eigenvalue weighted by Gasteiger charge is 2.31. The Labute approximate surface area is 193 Å². The molecule has 3 aromatic heterocycles. The topological polar surface area (TPSA) is 108 Å². The van der Waals surface area contributed by atoms with E-state index in [0.717, 1.165) is 82.1 Å². The first-order valence-corrected chi connectivity index (χ1v) is 11.7. The number of nitrogens with zero attached hydrogens (tertiary/aromatic N) is 6. The number of halogens is 1. The molecule has 6 rings (SSSR count). The molecule has 1 aliphatic heterocycles. The van der Waals surface area contributed by atoms with Gasteiger partial charge in [0.05, 0.1) is 26.9 Å². The Kier molecular flexibility index (Phi) is 4.49. The summed E-state index contributed by atoms with van der Waals surface area (Å²) in [5, 5.41) is 19.6. The minimum absolute atomic E-state index is 0.116. The van der Waals surface area contributed by atoms with Crippen LogP contribution < -0.4 is 5.73 Å². The van der Waals surface area contributed by atoms with Crippen molar-refractivity contribution in [1.29, 1.82) is 5.26 Å². The summed E-state index contributed by atoms with van der Waals surface area (Å²) in [5.41, 5.74) is 12.4. The number of aryl methyl sites for hydroxylation is 1. The Morgan fingerprint density at radius 2 is 2.09 bits per heavy atom. The van der Waals surface area contributed by atoms with Gasteiger partial charge in [0.25, 0.3) is 0 Å². The van der Waals surface area contributed by atoms with Gasteiger partial charge in [-0.05, 0) is 66.6 Å². The fraction of sp³-hybridized carbons (Fsp3) is 0.391. The number of hydrogen-bond donors (Lipinski definition) is 1. The second kappa shape index (κ2) is 7.29. The maximum Gasteiger partial charge on any atom is 0.152 e. The summed E-state index contributed by atoms with van der Waals surface area (Å²) in [4.78, 5) is 4.66. The fourth-order valence-electron chi connectivity index (χ4n) is 4.76. The van der Waals surface area contributed by atoms with Gasteiger partial charge in [-0.2, -0.15) is 5.26 Å². The zero-order valence-electron chi connectivity index (χ0n) is 17.7. The Hall–Kier alpha value is -2.96. The lowest BCUT2D eigenvalue weighted by Crippen LogP contribution is -2.19. The smallest absolute Gasteiger partial charge is 0.152 e. The molecule has 1 atom stereocenters. The van der Waals surface area contributed by atoms with Gasteiger partial charge in [0.2, 0.25) is 0 Å². The van der Waals surface area contributed by atoms with Crippen molar-refractivity contribution in [1.82, 2.24) is 24.5 Å². The Bertz CT molecular complexity index is 1420. The lowest BCUT2D eigenvalue weighted by atomic mass is 10.1. The third-order valence-corrected chi connectivity index (χ3v) is 7.34. The van der Waals surface area contributed by atoms with Crippen molar-refractivity contribution in [2.45, 2.75) is 51.2 Å². The number of nitrogen functional groups attached to an aromatic ring is 1. The lowest BCUT2D eigenvalue weighted by Gasteiger charge is -2.23. The summed E-state index contributed by atoms with van der Waals surface area (Å²) in [5.74, 6) is 0.835. The van der Waals surface area contributed by atoms with Gasteiger partial charge in [0, 0.05) is 24.1 Å². The molecule has 4 aromatic rings. The summed E-state index contributed by atoms with van der Waals surface area (Å²) in [6, 6.07) is 6.36. The van der Waals surface area contributed by atoms with E-state index in [2.05, 4.69) is 43.4 Å². The number of ether oxygens (including phenoxy) is 1. The number of nitrogens with two attached hydrogens (primary N) is 1. The quantitative estimate of drug-likeness (QED) is 0.437. The molecule has 162 valence electrons. The van der Waals surface area contributed by atoms with Crippen LogP contribution in [0.3, 0.4) is 0 Å². The molecule has 0 radical (unpaired) electrons. The molecule has 1 aromatic carbocycles. The van der Waals surface area contributed by atoms with Crippen LogP contribution in [0, 0.1) is 18.3 Å². The van der Waals surface area contributed by atoms with Gasteiger partial charge >= 0.3 is 0 Å². The van der Waals surface area contributed by atoms with E-state index in [1.54, 1.807) is 6.20 Å². The predicted molar refractivity (Wildman–Crippen MR) is 125 cm³/mol. The number of pyridine rings is 1. The zero-order valence-corrected chi connectivity index (χ0v) is 19.3. The van der Waals surface area contributed by atoms with E-state index < -0.39 is 0 Å². The monoisotopic (exact) mass is 491 g/mol. The first kappa shape index (κ1) is 19.7. The molecule has 2 fully saturated rings. The standard InChI is InChI=1S/C23H22BrN7O/c1-12-5-8-16-20(28-29-31(16)17-4-2-3-9-32-17)21(12)30-22-15(14(10-25)23(30)26)11-27-19(18(22)24)13-6-7-13/h5,8,11,13,17H,2-4,6-7,9,26H2,1H3. The molecule has 9 heteroatoms. The van der Waals surface area contributed by atoms with E-state index in [-0.39, 0.29) is 6.23 Å². The number of anilines is 1. The van der Waals surface area contributed by atoms with Gasteiger partial charge in [-0.1, -0.05) is 11.3 Å². The van der Waals surface area contributed by atoms with Crippen molar-refractivity contribution in [2.75, 3.05) is 12.3 Å². The fourth-order valence-corrected chi connectivity index (χ4v) is 5.58. The predicted octanol–water partition coefficient (Wildman–Crippen LogP) is 4.87. The highest BCUT2D eigenvalue weighted by Crippen LogP contribution is 2.46. The highest BCUT2D eigenvalue weighted by atomic mass is 79.9. The molecule has 0 bridgehead atoms. The van der Waals surface area contributed by atoms with Gasteiger partial charge in [-0.15, -0.1) is 5.10 Å². The molecule has 2 aliphatic rings. The second-order valence-electron chi connectivity index (χ2n) is 8.66. The zero-order chi connectivity index (χ0) is 22.0. The van der Waals surface area contributed by atoms with Gasteiger partial charge in [0.15, 0.2) is 6.23 Å². The SMILES string of the molecule is Cc1ccc2c(nnn2C2CCCCO2)c1-n1c(N)c(C#N)c2cnc(C3CC3)c(Br)c21. The van der Waals surface area contributed by atoms with Crippen LogP contribution in [0.1, 0.15) is 61.1 Å². The molecule has 32 heavy (non-hydrogen) atoms. The number of rotatable bonds is 3. The molecule has 2 N–H and O–H groups in total. The molecule has 0 spiro atoms. The van der Waals surface area contributed by atoms with Crippen molar-refractivity contribution in [3.63, 3.8) is 0 Å². The molecule has 0 amide bonds. The van der Waals surface area contributed by atoms with Crippen LogP contribution in [0.5, 0.6) is 0 Å². The molecule has 1 aliphatic carbocycles. The van der Waals surface area contributed by atoms with Crippen LogP contribution in [0.25, 0.3) is 27.6 Å². The van der Waals surface area contributed by atoms with E-state index in [1.165, 1.54) is 0 Å². The van der Waals surface area contributed by atoms with Crippen LogP contribution in [0.2, 0.25) is 0 Å². The molecule has 8 nitrogen and oxygen atoms in total. The highest BCUT2D eigenvalue weighted by molar-refractivity contribution is 9.10. The summed E-state index contributed by atoms with van der Waals surface area (Å²) in [6.07, 6.45) is 7.01. The van der Waals surface area contributed by atoms with E-state index in [0.29, 0.717) is 17.3 Å². The van der Waals surface area contributed by atoms with Gasteiger partial charge in [-0.25, -0.2) is 4.68 Å². The number of hydrogen-bond acceptors (Lipinski definition) is 6. The molecule has 1 unspecified atom stereocenters. The number of aromatic nitrogens is 5. The summed E-state index contributed by atoms with van der Waals surface area (Å²) >= 11 is 3.79. The number of benzene rings is 1. The Balaban J connectivity index is 1.65. The second-order valence-corrected chi connectivity index (χ2v) is 9.45. The van der Waals surface area contributed by atoms with Crippen LogP contribution in [-0.2, 0) is 4.74 Å². The average Bonchev–Trinajstić information content (AvgIpc) is 3.49. The molecular weight excluding hydrogens is 470 g/mol. The maximum atomic E-state index is 9.88. The average molecular weight is 492 g/mol. The van der Waals surface area contributed by atoms with Crippen LogP contribution >= 0.6 is 15.9 Å². The maximum absolute atomic E-state index is 9.88. The van der Waals surface area contributed by atoms with Crippen molar-refractivity contribution in [2.24, 2.45) is 0 Å². The third kappa shape index (κ3) is 2.79.